The molecule has 1 N–H and O–H groups in total. The summed E-state index contributed by atoms with van der Waals surface area (Å²) in [5.41, 5.74) is 0. The first-order valence-corrected chi connectivity index (χ1v) is 7.34. The molecule has 1 saturated heterocycles. The van der Waals surface area contributed by atoms with Gasteiger partial charge in [0.2, 0.25) is 0 Å². The second kappa shape index (κ2) is 6.83. The average Bonchev–Trinajstić information content (AvgIpc) is 2.80. The van der Waals surface area contributed by atoms with Gasteiger partial charge in [0.1, 0.15) is 5.75 Å². The van der Waals surface area contributed by atoms with Crippen molar-refractivity contribution in [2.45, 2.75) is 12.1 Å². The lowest BCUT2D eigenvalue weighted by molar-refractivity contribution is -0.132. The van der Waals surface area contributed by atoms with Crippen molar-refractivity contribution in [3.05, 3.63) is 28.2 Å². The van der Waals surface area contributed by atoms with E-state index in [0.29, 0.717) is 28.9 Å². The van der Waals surface area contributed by atoms with Gasteiger partial charge in [-0.25, -0.2) is 0 Å². The molecule has 2 rings (SSSR count). The highest BCUT2D eigenvalue weighted by Gasteiger charge is 2.35. The van der Waals surface area contributed by atoms with Crippen LogP contribution in [0.25, 0.3) is 0 Å². The molecule has 1 heterocycles. The summed E-state index contributed by atoms with van der Waals surface area (Å²) in [4.78, 5) is 15.6. The summed E-state index contributed by atoms with van der Waals surface area (Å²) < 4.78 is 5.42. The van der Waals surface area contributed by atoms with E-state index in [1.807, 2.05) is 19.0 Å². The topological polar surface area (TPSA) is 53.0 Å². The van der Waals surface area contributed by atoms with Crippen molar-refractivity contribution in [3.63, 3.8) is 0 Å². The first-order chi connectivity index (χ1) is 9.88. The van der Waals surface area contributed by atoms with Crippen LogP contribution in [0.4, 0.5) is 0 Å². The number of rotatable bonds is 4. The van der Waals surface area contributed by atoms with Crippen LogP contribution in [0.3, 0.4) is 0 Å². The van der Waals surface area contributed by atoms with Gasteiger partial charge in [-0.3, -0.25) is 4.79 Å². The van der Waals surface area contributed by atoms with E-state index in [1.54, 1.807) is 23.1 Å². The Bertz CT molecular complexity index is 525. The standard InChI is InChI=1S/C14H18Cl2N2O3/c1-17(2)11-6-18(7-12(11)19)14(20)8-21-13-4-3-9(15)5-10(13)16/h3-5,11-12,19H,6-8H2,1-2H3/t11-,12-/m1/s1. The number of hydrogen-bond acceptors (Lipinski definition) is 4. The number of hydrogen-bond donors (Lipinski definition) is 1. The van der Waals surface area contributed by atoms with Gasteiger partial charge in [0.15, 0.2) is 6.61 Å². The maximum Gasteiger partial charge on any atom is 0.260 e. The highest BCUT2D eigenvalue weighted by atomic mass is 35.5. The Hall–Kier alpha value is -1.01. The number of β-amino-alcohol motifs (C(OH)–C–C–N with tert-alkyl or cyclic N) is 1. The lowest BCUT2D eigenvalue weighted by Gasteiger charge is -2.21. The monoisotopic (exact) mass is 332 g/mol. The van der Waals surface area contributed by atoms with Crippen molar-refractivity contribution in [1.29, 1.82) is 0 Å². The number of halogens is 2. The Balaban J connectivity index is 1.91. The highest BCUT2D eigenvalue weighted by Crippen LogP contribution is 2.27. The number of nitrogens with zero attached hydrogens (tertiary/aromatic N) is 2. The quantitative estimate of drug-likeness (QED) is 0.907. The summed E-state index contributed by atoms with van der Waals surface area (Å²) in [7, 11) is 3.76. The molecule has 0 aromatic heterocycles. The maximum absolute atomic E-state index is 12.1. The van der Waals surface area contributed by atoms with Crippen molar-refractivity contribution in [2.75, 3.05) is 33.8 Å². The fourth-order valence-corrected chi connectivity index (χ4v) is 2.77. The fraction of sp³-hybridized carbons (Fsp3) is 0.500. The zero-order chi connectivity index (χ0) is 15.6. The molecule has 0 saturated carbocycles. The van der Waals surface area contributed by atoms with Crippen molar-refractivity contribution >= 4 is 29.1 Å². The molecule has 1 fully saturated rings. The maximum atomic E-state index is 12.1. The Kier molecular flexibility index (Phi) is 5.32. The zero-order valence-electron chi connectivity index (χ0n) is 11.9. The van der Waals surface area contributed by atoms with E-state index in [2.05, 4.69) is 0 Å². The van der Waals surface area contributed by atoms with Gasteiger partial charge < -0.3 is 19.6 Å². The van der Waals surface area contributed by atoms with Gasteiger partial charge in [-0.2, -0.15) is 0 Å². The summed E-state index contributed by atoms with van der Waals surface area (Å²) in [6, 6.07) is 4.78. The van der Waals surface area contributed by atoms with Gasteiger partial charge in [-0.1, -0.05) is 23.2 Å². The first-order valence-electron chi connectivity index (χ1n) is 6.58. The molecular weight excluding hydrogens is 315 g/mol. The smallest absolute Gasteiger partial charge is 0.260 e. The molecule has 1 aromatic carbocycles. The number of likely N-dealkylation sites (N-methyl/N-ethyl adjacent to an activating group) is 1. The van der Waals surface area contributed by atoms with Crippen LogP contribution in [0, 0.1) is 0 Å². The van der Waals surface area contributed by atoms with Crippen LogP contribution in [0.5, 0.6) is 5.75 Å². The van der Waals surface area contributed by atoms with E-state index < -0.39 is 6.10 Å². The number of benzene rings is 1. The highest BCUT2D eigenvalue weighted by molar-refractivity contribution is 6.35. The second-order valence-electron chi connectivity index (χ2n) is 5.26. The van der Waals surface area contributed by atoms with E-state index in [-0.39, 0.29) is 18.6 Å². The van der Waals surface area contributed by atoms with E-state index in [1.165, 1.54) is 0 Å². The van der Waals surface area contributed by atoms with Crippen LogP contribution in [0.1, 0.15) is 0 Å². The summed E-state index contributed by atoms with van der Waals surface area (Å²) >= 11 is 11.8. The number of aliphatic hydroxyl groups excluding tert-OH is 1. The van der Waals surface area contributed by atoms with Crippen LogP contribution in [-0.2, 0) is 4.79 Å². The Morgan fingerprint density at radius 2 is 2.14 bits per heavy atom. The Labute approximate surface area is 134 Å². The molecule has 21 heavy (non-hydrogen) atoms. The lowest BCUT2D eigenvalue weighted by Crippen LogP contribution is -2.38. The Morgan fingerprint density at radius 1 is 1.43 bits per heavy atom. The number of likely N-dealkylation sites (tertiary alicyclic amines) is 1. The third-order valence-corrected chi connectivity index (χ3v) is 4.05. The molecule has 1 aromatic rings. The lowest BCUT2D eigenvalue weighted by atomic mass is 10.2. The SMILES string of the molecule is CN(C)[C@@H]1CN(C(=O)COc2ccc(Cl)cc2Cl)C[C@H]1O. The number of carbonyl (C=O) groups excluding carboxylic acids is 1. The van der Waals surface area contributed by atoms with E-state index >= 15 is 0 Å². The van der Waals surface area contributed by atoms with Crippen LogP contribution >= 0.6 is 23.2 Å². The summed E-state index contributed by atoms with van der Waals surface area (Å²) in [5, 5.41) is 10.8. The molecule has 1 amide bonds. The first kappa shape index (κ1) is 16.4. The normalized spacial score (nSPS) is 21.9. The molecule has 5 nitrogen and oxygen atoms in total. The Morgan fingerprint density at radius 3 is 2.71 bits per heavy atom. The van der Waals surface area contributed by atoms with Gasteiger partial charge in [-0.15, -0.1) is 0 Å². The van der Waals surface area contributed by atoms with Gasteiger partial charge in [-0.05, 0) is 32.3 Å². The van der Waals surface area contributed by atoms with Crippen LogP contribution in [-0.4, -0.2) is 66.8 Å². The molecule has 116 valence electrons. The molecule has 0 bridgehead atoms. The fourth-order valence-electron chi connectivity index (χ4n) is 2.30. The van der Waals surface area contributed by atoms with Crippen LogP contribution < -0.4 is 4.74 Å². The molecule has 0 spiro atoms. The second-order valence-corrected chi connectivity index (χ2v) is 6.10. The van der Waals surface area contributed by atoms with Crippen molar-refractivity contribution in [2.24, 2.45) is 0 Å². The predicted molar refractivity (Wildman–Crippen MR) is 82.0 cm³/mol. The molecule has 7 heteroatoms. The number of carbonyl (C=O) groups is 1. The van der Waals surface area contributed by atoms with Gasteiger partial charge in [0.05, 0.1) is 17.2 Å². The van der Waals surface area contributed by atoms with E-state index in [4.69, 9.17) is 27.9 Å². The van der Waals surface area contributed by atoms with E-state index in [9.17, 15) is 9.90 Å². The zero-order valence-corrected chi connectivity index (χ0v) is 13.4. The van der Waals surface area contributed by atoms with Gasteiger partial charge >= 0.3 is 0 Å². The van der Waals surface area contributed by atoms with Gasteiger partial charge in [0, 0.05) is 18.1 Å². The molecule has 2 atom stereocenters. The third-order valence-electron chi connectivity index (χ3n) is 3.52. The summed E-state index contributed by atoms with van der Waals surface area (Å²) in [6.07, 6.45) is -0.539. The minimum absolute atomic E-state index is 0.0481. The van der Waals surface area contributed by atoms with Crippen LogP contribution in [0.15, 0.2) is 18.2 Å². The largest absolute Gasteiger partial charge is 0.482 e. The molecule has 1 aliphatic rings. The van der Waals surface area contributed by atoms with Crippen molar-refractivity contribution < 1.29 is 14.6 Å². The molecule has 0 unspecified atom stereocenters. The van der Waals surface area contributed by atoms with Gasteiger partial charge in [0.25, 0.3) is 5.91 Å². The molecule has 0 radical (unpaired) electrons. The minimum Gasteiger partial charge on any atom is -0.482 e. The molecule has 0 aliphatic carbocycles. The minimum atomic E-state index is -0.539. The summed E-state index contributed by atoms with van der Waals surface area (Å²) in [5.74, 6) is 0.239. The molecule has 1 aliphatic heterocycles. The van der Waals surface area contributed by atoms with Crippen molar-refractivity contribution in [1.82, 2.24) is 9.80 Å². The van der Waals surface area contributed by atoms with Crippen LogP contribution in [0.2, 0.25) is 10.0 Å². The van der Waals surface area contributed by atoms with Crippen molar-refractivity contribution in [3.8, 4) is 5.75 Å². The third kappa shape index (κ3) is 4.01. The summed E-state index contributed by atoms with van der Waals surface area (Å²) in [6.45, 7) is 0.693. The number of ether oxygens (including phenoxy) is 1. The molecular formula is C14H18Cl2N2O3. The number of amides is 1. The predicted octanol–water partition coefficient (Wildman–Crippen LogP) is 1.51. The average molecular weight is 333 g/mol. The number of aliphatic hydroxyl groups is 1. The van der Waals surface area contributed by atoms with E-state index in [0.717, 1.165) is 0 Å².